The van der Waals surface area contributed by atoms with Crippen LogP contribution in [0.25, 0.3) is 0 Å². The minimum atomic E-state index is -0.834. The lowest BCUT2D eigenvalue weighted by Gasteiger charge is -2.22. The van der Waals surface area contributed by atoms with Gasteiger partial charge in [0.1, 0.15) is 5.69 Å². The zero-order valence-corrected chi connectivity index (χ0v) is 17.2. The Hall–Kier alpha value is -3.55. The van der Waals surface area contributed by atoms with Gasteiger partial charge in [-0.25, -0.2) is 0 Å². The molecule has 0 fully saturated rings. The van der Waals surface area contributed by atoms with Crippen molar-refractivity contribution < 1.29 is 19.6 Å². The maximum Gasteiger partial charge on any atom is 0.293 e. The van der Waals surface area contributed by atoms with Crippen molar-refractivity contribution in [3.8, 4) is 0 Å². The predicted octanol–water partition coefficient (Wildman–Crippen LogP) is 3.84. The number of nitro groups is 1. The summed E-state index contributed by atoms with van der Waals surface area (Å²) in [6.45, 7) is 0.608. The Bertz CT molecular complexity index is 1020. The predicted molar refractivity (Wildman–Crippen MR) is 118 cm³/mol. The minimum absolute atomic E-state index is 0.0948. The molecule has 0 saturated carbocycles. The maximum absolute atomic E-state index is 12.6. The van der Waals surface area contributed by atoms with Crippen LogP contribution in [0, 0.1) is 10.1 Å². The normalized spacial score (nSPS) is 11.7. The first kappa shape index (κ1) is 22.1. The van der Waals surface area contributed by atoms with Gasteiger partial charge in [-0.15, -0.1) is 0 Å². The number of carbonyl (C=O) groups excluding carboxylic acids is 1. The summed E-state index contributed by atoms with van der Waals surface area (Å²) in [7, 11) is 1.65. The van der Waals surface area contributed by atoms with Gasteiger partial charge in [-0.05, 0) is 17.7 Å². The second-order valence-electron chi connectivity index (χ2n) is 7.19. The average Bonchev–Trinajstić information content (AvgIpc) is 2.79. The highest BCUT2D eigenvalue weighted by molar-refractivity contribution is 6.09. The zero-order chi connectivity index (χ0) is 22.2. The molecule has 0 aromatic heterocycles. The number of ketones is 1. The number of hydrogen-bond donors (Lipinski definition) is 1. The first-order valence-electron chi connectivity index (χ1n) is 9.84. The van der Waals surface area contributed by atoms with Gasteiger partial charge >= 0.3 is 0 Å². The summed E-state index contributed by atoms with van der Waals surface area (Å²) in [4.78, 5) is 25.3. The fourth-order valence-corrected chi connectivity index (χ4v) is 3.24. The quantitative estimate of drug-likeness (QED) is 0.304. The van der Waals surface area contributed by atoms with Gasteiger partial charge < -0.3 is 14.7 Å². The molecule has 7 nitrogen and oxygen atoms in total. The Balaban J connectivity index is 1.66. The maximum atomic E-state index is 12.6. The molecule has 31 heavy (non-hydrogen) atoms. The van der Waals surface area contributed by atoms with Gasteiger partial charge in [-0.1, -0.05) is 60.7 Å². The van der Waals surface area contributed by atoms with Crippen LogP contribution in [0.1, 0.15) is 21.5 Å². The van der Waals surface area contributed by atoms with Gasteiger partial charge in [0.25, 0.3) is 5.69 Å². The molecule has 3 rings (SSSR count). The van der Waals surface area contributed by atoms with E-state index in [9.17, 15) is 20.0 Å². The summed E-state index contributed by atoms with van der Waals surface area (Å²) in [6.07, 6.45) is -0.834. The molecule has 0 aliphatic carbocycles. The van der Waals surface area contributed by atoms with Crippen LogP contribution in [0.15, 0.2) is 78.9 Å². The Labute approximate surface area is 180 Å². The van der Waals surface area contributed by atoms with Crippen LogP contribution in [0.4, 0.5) is 11.4 Å². The fraction of sp³-hybridized carbons (Fsp3) is 0.208. The van der Waals surface area contributed by atoms with Crippen molar-refractivity contribution in [2.24, 2.45) is 0 Å². The number of nitrogens with zero attached hydrogens (tertiary/aromatic N) is 2. The summed E-state index contributed by atoms with van der Waals surface area (Å²) in [6, 6.07) is 22.6. The summed E-state index contributed by atoms with van der Waals surface area (Å²) in [5.41, 5.74) is 1.82. The summed E-state index contributed by atoms with van der Waals surface area (Å²) in [5.74, 6) is -0.285. The Kier molecular flexibility index (Phi) is 7.48. The van der Waals surface area contributed by atoms with Crippen LogP contribution >= 0.6 is 0 Å². The van der Waals surface area contributed by atoms with Crippen LogP contribution in [0.5, 0.6) is 0 Å². The van der Waals surface area contributed by atoms with E-state index in [-0.39, 0.29) is 30.2 Å². The van der Waals surface area contributed by atoms with E-state index in [1.54, 1.807) is 48.3 Å². The summed E-state index contributed by atoms with van der Waals surface area (Å²) >= 11 is 0. The molecule has 0 spiro atoms. The van der Waals surface area contributed by atoms with Crippen molar-refractivity contribution >= 4 is 17.2 Å². The molecule has 3 aromatic carbocycles. The largest absolute Gasteiger partial charge is 0.389 e. The SMILES string of the molecule is CN(CC(O)COCc1ccccc1)c1ccc(C(=O)c2ccccc2)cc1[N+](=O)[O-]. The molecule has 0 aliphatic rings. The van der Waals surface area contributed by atoms with Crippen LogP contribution in [0.3, 0.4) is 0 Å². The zero-order valence-electron chi connectivity index (χ0n) is 17.2. The van der Waals surface area contributed by atoms with Gasteiger partial charge in [-0.2, -0.15) is 0 Å². The summed E-state index contributed by atoms with van der Waals surface area (Å²) < 4.78 is 5.54. The van der Waals surface area contributed by atoms with E-state index >= 15 is 0 Å². The molecule has 0 aliphatic heterocycles. The van der Waals surface area contributed by atoms with Crippen LogP contribution in [-0.4, -0.2) is 42.1 Å². The number of ether oxygens (including phenoxy) is 1. The van der Waals surface area contributed by atoms with Crippen molar-refractivity contribution in [1.82, 2.24) is 0 Å². The van der Waals surface area contributed by atoms with E-state index in [0.717, 1.165) is 5.56 Å². The molecule has 1 unspecified atom stereocenters. The Morgan fingerprint density at radius 2 is 1.68 bits per heavy atom. The van der Waals surface area contributed by atoms with Crippen LogP contribution in [0.2, 0.25) is 0 Å². The topological polar surface area (TPSA) is 92.9 Å². The number of aliphatic hydroxyl groups is 1. The van der Waals surface area contributed by atoms with Crippen LogP contribution < -0.4 is 4.90 Å². The first-order valence-corrected chi connectivity index (χ1v) is 9.84. The standard InChI is InChI=1S/C24H24N2O5/c1-25(15-21(27)17-31-16-18-8-4-2-5-9-18)22-13-12-20(14-23(22)26(29)30)24(28)19-10-6-3-7-11-19/h2-14,21,27H,15-17H2,1H3. The van der Waals surface area contributed by atoms with E-state index in [2.05, 4.69) is 0 Å². The lowest BCUT2D eigenvalue weighted by molar-refractivity contribution is -0.384. The molecule has 160 valence electrons. The van der Waals surface area contributed by atoms with Gasteiger partial charge in [0.15, 0.2) is 5.78 Å². The molecular formula is C24H24N2O5. The van der Waals surface area contributed by atoms with E-state index in [0.29, 0.717) is 17.9 Å². The highest BCUT2D eigenvalue weighted by Crippen LogP contribution is 2.29. The van der Waals surface area contributed by atoms with E-state index < -0.39 is 11.0 Å². The smallest absolute Gasteiger partial charge is 0.293 e. The highest BCUT2D eigenvalue weighted by atomic mass is 16.6. The second-order valence-corrected chi connectivity index (χ2v) is 7.19. The monoisotopic (exact) mass is 420 g/mol. The lowest BCUT2D eigenvalue weighted by Crippen LogP contribution is -2.32. The van der Waals surface area contributed by atoms with Crippen molar-refractivity contribution in [3.05, 3.63) is 106 Å². The second kappa shape index (κ2) is 10.5. The molecule has 0 heterocycles. The first-order chi connectivity index (χ1) is 15.0. The molecule has 0 saturated heterocycles. The third kappa shape index (κ3) is 5.97. The van der Waals surface area contributed by atoms with E-state index in [1.807, 2.05) is 30.3 Å². The molecule has 0 bridgehead atoms. The van der Waals surface area contributed by atoms with Crippen molar-refractivity contribution in [1.29, 1.82) is 0 Å². The van der Waals surface area contributed by atoms with Crippen LogP contribution in [-0.2, 0) is 11.3 Å². The van der Waals surface area contributed by atoms with E-state index in [4.69, 9.17) is 4.74 Å². The molecule has 3 aromatic rings. The number of hydrogen-bond acceptors (Lipinski definition) is 6. The Morgan fingerprint density at radius 3 is 2.32 bits per heavy atom. The third-order valence-electron chi connectivity index (χ3n) is 4.79. The average molecular weight is 420 g/mol. The molecular weight excluding hydrogens is 396 g/mol. The van der Waals surface area contributed by atoms with Gasteiger partial charge in [0.2, 0.25) is 0 Å². The lowest BCUT2D eigenvalue weighted by atomic mass is 10.0. The summed E-state index contributed by atoms with van der Waals surface area (Å²) in [5, 5.41) is 21.9. The molecule has 0 amide bonds. The van der Waals surface area contributed by atoms with Crippen molar-refractivity contribution in [2.45, 2.75) is 12.7 Å². The Morgan fingerprint density at radius 1 is 1.03 bits per heavy atom. The third-order valence-corrected chi connectivity index (χ3v) is 4.79. The number of anilines is 1. The molecule has 0 radical (unpaired) electrons. The van der Waals surface area contributed by atoms with Crippen molar-refractivity contribution in [2.75, 3.05) is 25.1 Å². The fourth-order valence-electron chi connectivity index (χ4n) is 3.24. The minimum Gasteiger partial charge on any atom is -0.389 e. The highest BCUT2D eigenvalue weighted by Gasteiger charge is 2.22. The molecule has 1 N–H and O–H groups in total. The molecule has 7 heteroatoms. The number of likely N-dealkylation sites (N-methyl/N-ethyl adjacent to an activating group) is 1. The number of benzene rings is 3. The van der Waals surface area contributed by atoms with Gasteiger partial charge in [-0.3, -0.25) is 14.9 Å². The number of nitro benzene ring substituents is 1. The van der Waals surface area contributed by atoms with Crippen molar-refractivity contribution in [3.63, 3.8) is 0 Å². The van der Waals surface area contributed by atoms with E-state index in [1.165, 1.54) is 12.1 Å². The number of carbonyl (C=O) groups is 1. The molecule has 1 atom stereocenters. The number of rotatable bonds is 10. The van der Waals surface area contributed by atoms with Gasteiger partial charge in [0.05, 0.1) is 24.2 Å². The van der Waals surface area contributed by atoms with Gasteiger partial charge in [0, 0.05) is 30.8 Å². The number of aliphatic hydroxyl groups excluding tert-OH is 1.